The Hall–Kier alpha value is -1.57. The van der Waals surface area contributed by atoms with E-state index in [1.807, 2.05) is 30.3 Å². The van der Waals surface area contributed by atoms with Crippen LogP contribution in [-0.4, -0.2) is 29.1 Å². The van der Waals surface area contributed by atoms with Gasteiger partial charge in [0.15, 0.2) is 0 Å². The number of amides is 1. The van der Waals surface area contributed by atoms with E-state index in [1.165, 1.54) is 0 Å². The SMILES string of the molecule is C=C(CI)[C@H]1NC(=O)[C@H]1CCOC(=O)OCc1ccccc1. The highest BCUT2D eigenvalue weighted by Crippen LogP contribution is 2.25. The van der Waals surface area contributed by atoms with Crippen molar-refractivity contribution in [3.8, 4) is 0 Å². The fraction of sp³-hybridized carbons (Fsp3) is 0.375. The average molecular weight is 415 g/mol. The van der Waals surface area contributed by atoms with Crippen LogP contribution in [0.4, 0.5) is 4.79 Å². The van der Waals surface area contributed by atoms with Gasteiger partial charge in [-0.3, -0.25) is 4.79 Å². The first-order valence-corrected chi connectivity index (χ1v) is 8.52. The number of rotatable bonds is 7. The van der Waals surface area contributed by atoms with Gasteiger partial charge >= 0.3 is 6.16 Å². The van der Waals surface area contributed by atoms with Crippen LogP contribution in [0.1, 0.15) is 12.0 Å². The summed E-state index contributed by atoms with van der Waals surface area (Å²) in [7, 11) is 0. The highest BCUT2D eigenvalue weighted by atomic mass is 127. The average Bonchev–Trinajstić information content (AvgIpc) is 2.54. The van der Waals surface area contributed by atoms with Crippen molar-refractivity contribution in [2.45, 2.75) is 19.1 Å². The van der Waals surface area contributed by atoms with E-state index < -0.39 is 6.16 Å². The van der Waals surface area contributed by atoms with Crippen LogP contribution < -0.4 is 5.32 Å². The van der Waals surface area contributed by atoms with E-state index >= 15 is 0 Å². The number of halogens is 1. The molecule has 1 aliphatic heterocycles. The first kappa shape index (κ1) is 16.8. The highest BCUT2D eigenvalue weighted by Gasteiger charge is 2.40. The minimum Gasteiger partial charge on any atom is -0.434 e. The third-order valence-corrected chi connectivity index (χ3v) is 4.48. The molecule has 22 heavy (non-hydrogen) atoms. The first-order valence-electron chi connectivity index (χ1n) is 6.99. The molecule has 0 radical (unpaired) electrons. The van der Waals surface area contributed by atoms with E-state index in [2.05, 4.69) is 34.5 Å². The van der Waals surface area contributed by atoms with E-state index in [0.29, 0.717) is 6.42 Å². The Bertz CT molecular complexity index is 546. The molecule has 5 nitrogen and oxygen atoms in total. The molecule has 1 heterocycles. The molecule has 2 atom stereocenters. The van der Waals surface area contributed by atoms with Crippen LogP contribution in [0.25, 0.3) is 0 Å². The third-order valence-electron chi connectivity index (χ3n) is 3.50. The van der Waals surface area contributed by atoms with Gasteiger partial charge in [-0.15, -0.1) is 0 Å². The summed E-state index contributed by atoms with van der Waals surface area (Å²) in [5.41, 5.74) is 1.88. The van der Waals surface area contributed by atoms with Crippen LogP contribution in [0, 0.1) is 5.92 Å². The topological polar surface area (TPSA) is 64.6 Å². The number of carbonyl (C=O) groups is 2. The van der Waals surface area contributed by atoms with Crippen LogP contribution in [0.5, 0.6) is 0 Å². The molecule has 0 aromatic heterocycles. The molecule has 1 aliphatic rings. The van der Waals surface area contributed by atoms with E-state index in [1.54, 1.807) is 0 Å². The molecule has 6 heteroatoms. The maximum Gasteiger partial charge on any atom is 0.508 e. The van der Waals surface area contributed by atoms with Crippen LogP contribution in [0.2, 0.25) is 0 Å². The molecule has 1 fully saturated rings. The molecular formula is C16H18INO4. The summed E-state index contributed by atoms with van der Waals surface area (Å²) in [6.45, 7) is 4.27. The van der Waals surface area contributed by atoms with Crippen molar-refractivity contribution >= 4 is 34.7 Å². The minimum absolute atomic E-state index is 0.00617. The summed E-state index contributed by atoms with van der Waals surface area (Å²) in [4.78, 5) is 23.0. The predicted octanol–water partition coefficient (Wildman–Crippen LogP) is 2.84. The van der Waals surface area contributed by atoms with E-state index in [9.17, 15) is 9.59 Å². The zero-order valence-corrected chi connectivity index (χ0v) is 14.2. The Balaban J connectivity index is 1.66. The molecule has 0 saturated carbocycles. The summed E-state index contributed by atoms with van der Waals surface area (Å²) < 4.78 is 10.8. The Morgan fingerprint density at radius 1 is 1.27 bits per heavy atom. The smallest absolute Gasteiger partial charge is 0.434 e. The maximum absolute atomic E-state index is 11.5. The number of ether oxygens (including phenoxy) is 2. The Morgan fingerprint density at radius 2 is 2.00 bits per heavy atom. The van der Waals surface area contributed by atoms with Crippen molar-refractivity contribution in [3.63, 3.8) is 0 Å². The van der Waals surface area contributed by atoms with E-state index in [4.69, 9.17) is 9.47 Å². The maximum atomic E-state index is 11.5. The molecule has 1 N–H and O–H groups in total. The number of β-lactam (4-membered cyclic amide) rings is 1. The summed E-state index contributed by atoms with van der Waals surface area (Å²) in [5, 5.41) is 2.81. The van der Waals surface area contributed by atoms with Crippen LogP contribution in [0.15, 0.2) is 42.5 Å². The summed E-state index contributed by atoms with van der Waals surface area (Å²) in [6, 6.07) is 9.37. The van der Waals surface area contributed by atoms with Crippen molar-refractivity contribution < 1.29 is 19.1 Å². The summed E-state index contributed by atoms with van der Waals surface area (Å²) in [6.07, 6.45) is -0.236. The second-order valence-corrected chi connectivity index (χ2v) is 5.81. The second-order valence-electron chi connectivity index (χ2n) is 5.05. The van der Waals surface area contributed by atoms with Crippen molar-refractivity contribution in [2.24, 2.45) is 5.92 Å². The largest absolute Gasteiger partial charge is 0.508 e. The zero-order chi connectivity index (χ0) is 15.9. The Kier molecular flexibility index (Phi) is 6.23. The summed E-state index contributed by atoms with van der Waals surface area (Å²) >= 11 is 2.21. The summed E-state index contributed by atoms with van der Waals surface area (Å²) in [5.74, 6) is -0.179. The molecule has 2 rings (SSSR count). The lowest BCUT2D eigenvalue weighted by Gasteiger charge is -2.37. The van der Waals surface area contributed by atoms with Gasteiger partial charge < -0.3 is 14.8 Å². The Labute approximate surface area is 143 Å². The van der Waals surface area contributed by atoms with Crippen LogP contribution >= 0.6 is 22.6 Å². The van der Waals surface area contributed by atoms with E-state index in [0.717, 1.165) is 15.6 Å². The molecule has 0 aliphatic carbocycles. The minimum atomic E-state index is -0.715. The van der Waals surface area contributed by atoms with Crippen LogP contribution in [-0.2, 0) is 20.9 Å². The molecule has 1 aromatic carbocycles. The monoisotopic (exact) mass is 415 g/mol. The molecule has 0 bridgehead atoms. The van der Waals surface area contributed by atoms with Crippen LogP contribution in [0.3, 0.4) is 0 Å². The number of alkyl halides is 1. The Morgan fingerprint density at radius 3 is 2.64 bits per heavy atom. The number of hydrogen-bond donors (Lipinski definition) is 1. The fourth-order valence-corrected chi connectivity index (χ4v) is 2.69. The van der Waals surface area contributed by atoms with Gasteiger partial charge in [0, 0.05) is 4.43 Å². The normalized spacial score (nSPS) is 19.8. The molecule has 0 spiro atoms. The molecular weight excluding hydrogens is 397 g/mol. The standard InChI is InChI=1S/C16H18INO4/c1-11(9-17)14-13(15(19)18-14)7-8-21-16(20)22-10-12-5-3-2-4-6-12/h2-6,13-14H,1,7-10H2,(H,18,19)/t13-,14+/m0/s1. The molecule has 1 amide bonds. The van der Waals surface area contributed by atoms with Gasteiger partial charge in [0.05, 0.1) is 18.6 Å². The predicted molar refractivity (Wildman–Crippen MR) is 90.6 cm³/mol. The van der Waals surface area contributed by atoms with Gasteiger partial charge in [0.1, 0.15) is 6.61 Å². The number of benzene rings is 1. The third kappa shape index (κ3) is 4.46. The lowest BCUT2D eigenvalue weighted by atomic mass is 9.84. The number of hydrogen-bond acceptors (Lipinski definition) is 4. The van der Waals surface area contributed by atoms with Crippen molar-refractivity contribution in [2.75, 3.05) is 11.0 Å². The molecule has 0 unspecified atom stereocenters. The van der Waals surface area contributed by atoms with Gasteiger partial charge in [-0.1, -0.05) is 59.5 Å². The fourth-order valence-electron chi connectivity index (χ4n) is 2.21. The quantitative estimate of drug-likeness (QED) is 0.245. The molecule has 1 saturated heterocycles. The number of nitrogens with one attached hydrogen (secondary N) is 1. The van der Waals surface area contributed by atoms with Gasteiger partial charge in [-0.2, -0.15) is 0 Å². The first-order chi connectivity index (χ1) is 10.6. The van der Waals surface area contributed by atoms with E-state index in [-0.39, 0.29) is 31.1 Å². The van der Waals surface area contributed by atoms with Crippen molar-refractivity contribution in [1.82, 2.24) is 5.32 Å². The molecule has 1 aromatic rings. The van der Waals surface area contributed by atoms with Crippen molar-refractivity contribution in [1.29, 1.82) is 0 Å². The van der Waals surface area contributed by atoms with Gasteiger partial charge in [0.25, 0.3) is 0 Å². The van der Waals surface area contributed by atoms with Gasteiger partial charge in [-0.25, -0.2) is 4.79 Å². The lowest BCUT2D eigenvalue weighted by molar-refractivity contribution is -0.134. The van der Waals surface area contributed by atoms with Gasteiger partial charge in [0.2, 0.25) is 5.91 Å². The number of carbonyl (C=O) groups excluding carboxylic acids is 2. The zero-order valence-electron chi connectivity index (χ0n) is 12.1. The lowest BCUT2D eigenvalue weighted by Crippen LogP contribution is -2.59. The van der Waals surface area contributed by atoms with Crippen molar-refractivity contribution in [3.05, 3.63) is 48.0 Å². The second kappa shape index (κ2) is 8.17. The highest BCUT2D eigenvalue weighted by molar-refractivity contribution is 14.1. The molecule has 118 valence electrons. The van der Waals surface area contributed by atoms with Gasteiger partial charge in [-0.05, 0) is 17.6 Å².